The second-order valence-electron chi connectivity index (χ2n) is 7.25. The third-order valence-corrected chi connectivity index (χ3v) is 5.95. The van der Waals surface area contributed by atoms with Gasteiger partial charge >= 0.3 is 0 Å². The van der Waals surface area contributed by atoms with E-state index in [4.69, 9.17) is 16.6 Å². The van der Waals surface area contributed by atoms with Crippen molar-refractivity contribution in [2.45, 2.75) is 44.6 Å². The molecule has 0 unspecified atom stereocenters. The number of nitrogens with zero attached hydrogens (tertiary/aromatic N) is 1. The van der Waals surface area contributed by atoms with Crippen LogP contribution in [0.1, 0.15) is 54.9 Å². The number of hydrogen-bond donors (Lipinski definition) is 0. The standard InChI is InChI=1S/C23H22ClNO/c1-16-20(22(26)18-10-12-19(24)13-11-18)21(17-8-4-2-5-9-17)25-23(16)14-6-3-7-15-23/h2,4-5,8-13H,3,6-7,14-15H2,1H3. The molecule has 2 aromatic rings. The highest BCUT2D eigenvalue weighted by molar-refractivity contribution is 6.35. The van der Waals surface area contributed by atoms with Gasteiger partial charge in [0.1, 0.15) is 0 Å². The summed E-state index contributed by atoms with van der Waals surface area (Å²) in [6.07, 6.45) is 5.67. The molecule has 1 aliphatic heterocycles. The highest BCUT2D eigenvalue weighted by atomic mass is 35.5. The Hall–Kier alpha value is -2.19. The van der Waals surface area contributed by atoms with Gasteiger partial charge in [-0.25, -0.2) is 0 Å². The second-order valence-corrected chi connectivity index (χ2v) is 7.69. The maximum absolute atomic E-state index is 13.4. The molecule has 1 aliphatic carbocycles. The summed E-state index contributed by atoms with van der Waals surface area (Å²) in [6, 6.07) is 17.2. The summed E-state index contributed by atoms with van der Waals surface area (Å²) in [7, 11) is 0. The molecule has 2 aromatic carbocycles. The minimum absolute atomic E-state index is 0.0456. The number of benzene rings is 2. The fourth-order valence-corrected chi connectivity index (χ4v) is 4.34. The van der Waals surface area contributed by atoms with Crippen molar-refractivity contribution in [1.82, 2.24) is 0 Å². The summed E-state index contributed by atoms with van der Waals surface area (Å²) >= 11 is 6.00. The van der Waals surface area contributed by atoms with Gasteiger partial charge in [0, 0.05) is 21.7 Å². The number of carbonyl (C=O) groups excluding carboxylic acids is 1. The van der Waals surface area contributed by atoms with Crippen LogP contribution in [0.3, 0.4) is 0 Å². The zero-order valence-corrected chi connectivity index (χ0v) is 15.7. The SMILES string of the molecule is CC1=C(C(=O)c2ccc(Cl)cc2)C(c2ccccc2)=NC12CCCCC2. The Kier molecular flexibility index (Phi) is 4.54. The van der Waals surface area contributed by atoms with Gasteiger partial charge in [-0.15, -0.1) is 0 Å². The number of Topliss-reactive ketones (excluding diaryl/α,β-unsaturated/α-hetero) is 1. The van der Waals surface area contributed by atoms with Crippen molar-refractivity contribution >= 4 is 23.1 Å². The Bertz CT molecular complexity index is 888. The molecule has 0 saturated heterocycles. The predicted molar refractivity (Wildman–Crippen MR) is 107 cm³/mol. The molecule has 1 spiro atoms. The Morgan fingerprint density at radius 3 is 2.27 bits per heavy atom. The van der Waals surface area contributed by atoms with E-state index in [0.29, 0.717) is 10.6 Å². The number of ketones is 1. The van der Waals surface area contributed by atoms with Gasteiger partial charge in [0.25, 0.3) is 0 Å². The fraction of sp³-hybridized carbons (Fsp3) is 0.304. The highest BCUT2D eigenvalue weighted by Gasteiger charge is 2.42. The van der Waals surface area contributed by atoms with Gasteiger partial charge in [-0.05, 0) is 49.6 Å². The molecule has 3 heteroatoms. The van der Waals surface area contributed by atoms with Crippen LogP contribution in [0.5, 0.6) is 0 Å². The van der Waals surface area contributed by atoms with Crippen molar-refractivity contribution in [1.29, 1.82) is 0 Å². The monoisotopic (exact) mass is 363 g/mol. The lowest BCUT2D eigenvalue weighted by Crippen LogP contribution is -2.29. The molecule has 4 rings (SSSR count). The van der Waals surface area contributed by atoms with E-state index in [1.807, 2.05) is 30.3 Å². The van der Waals surface area contributed by atoms with Gasteiger partial charge in [-0.2, -0.15) is 0 Å². The highest BCUT2D eigenvalue weighted by Crippen LogP contribution is 2.44. The van der Waals surface area contributed by atoms with Crippen LogP contribution in [0.2, 0.25) is 5.02 Å². The average Bonchev–Trinajstić information content (AvgIpc) is 2.95. The van der Waals surface area contributed by atoms with E-state index in [-0.39, 0.29) is 11.3 Å². The Morgan fingerprint density at radius 2 is 1.62 bits per heavy atom. The molecule has 0 radical (unpaired) electrons. The lowest BCUT2D eigenvalue weighted by Gasteiger charge is -2.32. The van der Waals surface area contributed by atoms with Crippen molar-refractivity contribution in [3.05, 3.63) is 81.9 Å². The molecule has 0 bridgehead atoms. The lowest BCUT2D eigenvalue weighted by molar-refractivity contribution is 0.103. The number of hydrogen-bond acceptors (Lipinski definition) is 2. The van der Waals surface area contributed by atoms with Gasteiger partial charge in [0.05, 0.1) is 11.3 Å². The van der Waals surface area contributed by atoms with E-state index in [2.05, 4.69) is 6.92 Å². The number of carbonyl (C=O) groups is 1. The predicted octanol–water partition coefficient (Wildman–Crippen LogP) is 6.05. The third kappa shape index (κ3) is 2.93. The van der Waals surface area contributed by atoms with E-state index >= 15 is 0 Å². The lowest BCUT2D eigenvalue weighted by atomic mass is 9.76. The smallest absolute Gasteiger partial charge is 0.195 e. The summed E-state index contributed by atoms with van der Waals surface area (Å²) in [5, 5.41) is 0.638. The molecule has 0 aromatic heterocycles. The summed E-state index contributed by atoms with van der Waals surface area (Å²) in [4.78, 5) is 18.6. The number of halogens is 1. The van der Waals surface area contributed by atoms with Gasteiger partial charge in [0.2, 0.25) is 0 Å². The largest absolute Gasteiger partial charge is 0.289 e. The summed E-state index contributed by atoms with van der Waals surface area (Å²) in [5.41, 5.74) is 4.26. The van der Waals surface area contributed by atoms with Crippen LogP contribution in [0.4, 0.5) is 0 Å². The molecule has 26 heavy (non-hydrogen) atoms. The molecule has 0 amide bonds. The first-order valence-corrected chi connectivity index (χ1v) is 9.66. The molecule has 132 valence electrons. The van der Waals surface area contributed by atoms with E-state index in [1.54, 1.807) is 24.3 Å². The first-order chi connectivity index (χ1) is 12.6. The van der Waals surface area contributed by atoms with Gasteiger partial charge < -0.3 is 0 Å². The Labute approximate surface area is 159 Å². The third-order valence-electron chi connectivity index (χ3n) is 5.70. The number of allylic oxidation sites excluding steroid dienone is 1. The topological polar surface area (TPSA) is 29.4 Å². The van der Waals surface area contributed by atoms with Crippen LogP contribution in [-0.4, -0.2) is 17.0 Å². The Balaban J connectivity index is 1.84. The van der Waals surface area contributed by atoms with Crippen LogP contribution in [-0.2, 0) is 0 Å². The van der Waals surface area contributed by atoms with E-state index < -0.39 is 0 Å². The molecule has 1 heterocycles. The zero-order chi connectivity index (χ0) is 18.1. The van der Waals surface area contributed by atoms with E-state index in [0.717, 1.165) is 35.3 Å². The number of rotatable bonds is 3. The van der Waals surface area contributed by atoms with Crippen molar-refractivity contribution in [3.63, 3.8) is 0 Å². The zero-order valence-electron chi connectivity index (χ0n) is 15.0. The number of aliphatic imine (C=N–C) groups is 1. The first kappa shape index (κ1) is 17.2. The van der Waals surface area contributed by atoms with E-state index in [9.17, 15) is 4.79 Å². The molecular formula is C23H22ClNO. The summed E-state index contributed by atoms with van der Waals surface area (Å²) < 4.78 is 0. The van der Waals surface area contributed by atoms with Gasteiger partial charge in [-0.1, -0.05) is 61.2 Å². The molecule has 1 fully saturated rings. The van der Waals surface area contributed by atoms with Crippen molar-refractivity contribution in [2.24, 2.45) is 4.99 Å². The molecular weight excluding hydrogens is 342 g/mol. The van der Waals surface area contributed by atoms with Crippen molar-refractivity contribution in [3.8, 4) is 0 Å². The average molecular weight is 364 g/mol. The van der Waals surface area contributed by atoms with Crippen LogP contribution >= 0.6 is 11.6 Å². The maximum atomic E-state index is 13.4. The van der Waals surface area contributed by atoms with E-state index in [1.165, 1.54) is 19.3 Å². The summed E-state index contributed by atoms with van der Waals surface area (Å²) in [6.45, 7) is 2.11. The second kappa shape index (κ2) is 6.85. The summed E-state index contributed by atoms with van der Waals surface area (Å²) in [5.74, 6) is 0.0456. The molecule has 1 saturated carbocycles. The fourth-order valence-electron chi connectivity index (χ4n) is 4.22. The van der Waals surface area contributed by atoms with Crippen LogP contribution < -0.4 is 0 Å². The Morgan fingerprint density at radius 1 is 0.962 bits per heavy atom. The van der Waals surface area contributed by atoms with Gasteiger partial charge in [-0.3, -0.25) is 9.79 Å². The van der Waals surface area contributed by atoms with Crippen molar-refractivity contribution < 1.29 is 4.79 Å². The minimum atomic E-state index is -0.194. The minimum Gasteiger partial charge on any atom is -0.289 e. The molecule has 0 N–H and O–H groups in total. The van der Waals surface area contributed by atoms with Crippen LogP contribution in [0.25, 0.3) is 0 Å². The molecule has 2 nitrogen and oxygen atoms in total. The quantitative estimate of drug-likeness (QED) is 0.611. The van der Waals surface area contributed by atoms with Crippen LogP contribution in [0, 0.1) is 0 Å². The molecule has 0 atom stereocenters. The first-order valence-electron chi connectivity index (χ1n) is 9.28. The van der Waals surface area contributed by atoms with Crippen molar-refractivity contribution in [2.75, 3.05) is 0 Å². The molecule has 2 aliphatic rings. The normalized spacial score (nSPS) is 18.9. The van der Waals surface area contributed by atoms with Gasteiger partial charge in [0.15, 0.2) is 5.78 Å². The maximum Gasteiger partial charge on any atom is 0.195 e. The van der Waals surface area contributed by atoms with Crippen LogP contribution in [0.15, 0.2) is 70.7 Å².